The van der Waals surface area contributed by atoms with Crippen LogP contribution in [0.5, 0.6) is 0 Å². The van der Waals surface area contributed by atoms with Gasteiger partial charge in [0.05, 0.1) is 6.42 Å². The Morgan fingerprint density at radius 2 is 1.73 bits per heavy atom. The van der Waals surface area contributed by atoms with E-state index in [2.05, 4.69) is 5.32 Å². The molecule has 134 valence electrons. The number of carbonyl (C=O) groups is 3. The summed E-state index contributed by atoms with van der Waals surface area (Å²) < 4.78 is 5.17. The molecule has 0 radical (unpaired) electrons. The van der Waals surface area contributed by atoms with Gasteiger partial charge in [-0.2, -0.15) is 0 Å². The SMILES string of the molecule is O=C1CCN(Cc2ccc(NC(=O)OCc3ccccc3)cc2)C(=O)C1. The second kappa shape index (κ2) is 8.29. The molecule has 1 N–H and O–H groups in total. The van der Waals surface area contributed by atoms with E-state index in [-0.39, 0.29) is 24.7 Å². The second-order valence-electron chi connectivity index (χ2n) is 6.16. The van der Waals surface area contributed by atoms with Crippen LogP contribution >= 0.6 is 0 Å². The summed E-state index contributed by atoms with van der Waals surface area (Å²) in [4.78, 5) is 36.6. The van der Waals surface area contributed by atoms with Crippen LogP contribution < -0.4 is 5.32 Å². The average Bonchev–Trinajstić information content (AvgIpc) is 2.65. The van der Waals surface area contributed by atoms with E-state index < -0.39 is 6.09 Å². The van der Waals surface area contributed by atoms with Crippen molar-refractivity contribution in [3.8, 4) is 0 Å². The Morgan fingerprint density at radius 3 is 2.42 bits per heavy atom. The van der Waals surface area contributed by atoms with Crippen LogP contribution in [-0.2, 0) is 27.5 Å². The minimum absolute atomic E-state index is 0.000173. The highest BCUT2D eigenvalue weighted by Crippen LogP contribution is 2.15. The van der Waals surface area contributed by atoms with E-state index in [1.165, 1.54) is 0 Å². The number of ether oxygens (including phenoxy) is 1. The number of nitrogens with zero attached hydrogens (tertiary/aromatic N) is 1. The van der Waals surface area contributed by atoms with Crippen molar-refractivity contribution in [3.05, 3.63) is 65.7 Å². The van der Waals surface area contributed by atoms with Crippen LogP contribution in [-0.4, -0.2) is 29.2 Å². The first-order chi connectivity index (χ1) is 12.6. The average molecular weight is 352 g/mol. The van der Waals surface area contributed by atoms with Crippen LogP contribution in [0.25, 0.3) is 0 Å². The third kappa shape index (κ3) is 4.92. The van der Waals surface area contributed by atoms with Gasteiger partial charge in [-0.25, -0.2) is 4.79 Å². The summed E-state index contributed by atoms with van der Waals surface area (Å²) in [5.41, 5.74) is 2.48. The van der Waals surface area contributed by atoms with Crippen molar-refractivity contribution in [1.29, 1.82) is 0 Å². The zero-order valence-corrected chi connectivity index (χ0v) is 14.3. The Balaban J connectivity index is 1.48. The quantitative estimate of drug-likeness (QED) is 0.839. The summed E-state index contributed by atoms with van der Waals surface area (Å²) in [6, 6.07) is 16.7. The number of likely N-dealkylation sites (tertiary alicyclic amines) is 1. The fourth-order valence-electron chi connectivity index (χ4n) is 2.71. The van der Waals surface area contributed by atoms with Gasteiger partial charge in [0.15, 0.2) is 0 Å². The second-order valence-corrected chi connectivity index (χ2v) is 6.16. The highest BCUT2D eigenvalue weighted by Gasteiger charge is 2.23. The first-order valence-electron chi connectivity index (χ1n) is 8.46. The summed E-state index contributed by atoms with van der Waals surface area (Å²) in [5, 5.41) is 2.67. The number of hydrogen-bond acceptors (Lipinski definition) is 4. The van der Waals surface area contributed by atoms with Crippen molar-refractivity contribution in [1.82, 2.24) is 4.90 Å². The van der Waals surface area contributed by atoms with Gasteiger partial charge in [-0.3, -0.25) is 14.9 Å². The molecule has 1 saturated heterocycles. The van der Waals surface area contributed by atoms with Crippen LogP contribution in [0.3, 0.4) is 0 Å². The fourth-order valence-corrected chi connectivity index (χ4v) is 2.71. The molecule has 26 heavy (non-hydrogen) atoms. The zero-order valence-electron chi connectivity index (χ0n) is 14.3. The maximum atomic E-state index is 11.8. The number of nitrogens with one attached hydrogen (secondary N) is 1. The molecule has 2 amide bonds. The van der Waals surface area contributed by atoms with Gasteiger partial charge in [-0.1, -0.05) is 42.5 Å². The Bertz CT molecular complexity index is 787. The first kappa shape index (κ1) is 17.7. The molecule has 1 aliphatic rings. The summed E-state index contributed by atoms with van der Waals surface area (Å²) in [5.74, 6) is -0.132. The first-order valence-corrected chi connectivity index (χ1v) is 8.46. The smallest absolute Gasteiger partial charge is 0.411 e. The van der Waals surface area contributed by atoms with Gasteiger partial charge < -0.3 is 9.64 Å². The molecule has 0 aromatic heterocycles. The summed E-state index contributed by atoms with van der Waals surface area (Å²) in [6.45, 7) is 1.13. The topological polar surface area (TPSA) is 75.7 Å². The van der Waals surface area contributed by atoms with Gasteiger partial charge >= 0.3 is 6.09 Å². The van der Waals surface area contributed by atoms with Crippen molar-refractivity contribution >= 4 is 23.5 Å². The number of hydrogen-bond donors (Lipinski definition) is 1. The van der Waals surface area contributed by atoms with Crippen molar-refractivity contribution in [2.45, 2.75) is 26.0 Å². The summed E-state index contributed by atoms with van der Waals surface area (Å²) in [7, 11) is 0. The van der Waals surface area contributed by atoms with Gasteiger partial charge in [0.1, 0.15) is 12.4 Å². The van der Waals surface area contributed by atoms with Crippen LogP contribution in [0, 0.1) is 0 Å². The molecule has 0 bridgehead atoms. The maximum absolute atomic E-state index is 11.8. The van der Waals surface area contributed by atoms with E-state index in [9.17, 15) is 14.4 Å². The monoisotopic (exact) mass is 352 g/mol. The minimum Gasteiger partial charge on any atom is -0.444 e. The third-order valence-corrected chi connectivity index (χ3v) is 4.15. The largest absolute Gasteiger partial charge is 0.444 e. The van der Waals surface area contributed by atoms with Crippen molar-refractivity contribution in [2.75, 3.05) is 11.9 Å². The molecule has 0 atom stereocenters. The molecule has 0 saturated carbocycles. The van der Waals surface area contributed by atoms with E-state index in [1.54, 1.807) is 17.0 Å². The highest BCUT2D eigenvalue weighted by atomic mass is 16.5. The number of benzene rings is 2. The van der Waals surface area contributed by atoms with Gasteiger partial charge in [-0.05, 0) is 23.3 Å². The Labute approximate surface area is 151 Å². The third-order valence-electron chi connectivity index (χ3n) is 4.15. The van der Waals surface area contributed by atoms with E-state index in [0.29, 0.717) is 25.2 Å². The van der Waals surface area contributed by atoms with E-state index in [1.807, 2.05) is 42.5 Å². The Hall–Kier alpha value is -3.15. The Kier molecular flexibility index (Phi) is 5.63. The maximum Gasteiger partial charge on any atom is 0.411 e. The Morgan fingerprint density at radius 1 is 1.00 bits per heavy atom. The van der Waals surface area contributed by atoms with Crippen LogP contribution in [0.4, 0.5) is 10.5 Å². The van der Waals surface area contributed by atoms with Crippen LogP contribution in [0.15, 0.2) is 54.6 Å². The molecular formula is C20H20N2O4. The molecule has 1 heterocycles. The minimum atomic E-state index is -0.522. The molecule has 1 aliphatic heterocycles. The molecule has 2 aromatic carbocycles. The molecule has 3 rings (SSSR count). The highest BCUT2D eigenvalue weighted by molar-refractivity contribution is 6.00. The van der Waals surface area contributed by atoms with E-state index in [4.69, 9.17) is 4.74 Å². The normalized spacial score (nSPS) is 14.2. The number of carbonyl (C=O) groups excluding carboxylic acids is 3. The summed E-state index contributed by atoms with van der Waals surface area (Å²) in [6.07, 6.45) is -0.114. The molecule has 1 fully saturated rings. The molecule has 0 unspecified atom stereocenters. The lowest BCUT2D eigenvalue weighted by molar-refractivity contribution is -0.139. The number of anilines is 1. The molecular weight excluding hydrogens is 332 g/mol. The molecule has 0 aliphatic carbocycles. The molecule has 6 nitrogen and oxygen atoms in total. The standard InChI is InChI=1S/C20H20N2O4/c23-18-10-11-22(19(24)12-18)13-15-6-8-17(9-7-15)21-20(25)26-14-16-4-2-1-3-5-16/h1-9H,10-14H2,(H,21,25). The van der Waals surface area contributed by atoms with E-state index in [0.717, 1.165) is 11.1 Å². The number of amides is 2. The van der Waals surface area contributed by atoms with Crippen LogP contribution in [0.1, 0.15) is 24.0 Å². The molecule has 0 spiro atoms. The lowest BCUT2D eigenvalue weighted by Crippen LogP contribution is -2.38. The predicted octanol–water partition coefficient (Wildman–Crippen LogP) is 3.13. The number of ketones is 1. The van der Waals surface area contributed by atoms with Gasteiger partial charge in [0.25, 0.3) is 0 Å². The van der Waals surface area contributed by atoms with Gasteiger partial charge in [-0.15, -0.1) is 0 Å². The predicted molar refractivity (Wildman–Crippen MR) is 96.3 cm³/mol. The molecule has 2 aromatic rings. The molecule has 6 heteroatoms. The zero-order chi connectivity index (χ0) is 18.4. The number of Topliss-reactive ketones (excluding diaryl/α,β-unsaturated/α-hetero) is 1. The van der Waals surface area contributed by atoms with E-state index >= 15 is 0 Å². The van der Waals surface area contributed by atoms with Crippen molar-refractivity contribution in [2.24, 2.45) is 0 Å². The summed E-state index contributed by atoms with van der Waals surface area (Å²) >= 11 is 0. The number of piperidine rings is 1. The van der Waals surface area contributed by atoms with Crippen LogP contribution in [0.2, 0.25) is 0 Å². The van der Waals surface area contributed by atoms with Gasteiger partial charge in [0, 0.05) is 25.2 Å². The fraction of sp³-hybridized carbons (Fsp3) is 0.250. The van der Waals surface area contributed by atoms with Crippen molar-refractivity contribution < 1.29 is 19.1 Å². The lowest BCUT2D eigenvalue weighted by atomic mass is 10.1. The van der Waals surface area contributed by atoms with Gasteiger partial charge in [0.2, 0.25) is 5.91 Å². The number of rotatable bonds is 5. The lowest BCUT2D eigenvalue weighted by Gasteiger charge is -2.26. The van der Waals surface area contributed by atoms with Crippen molar-refractivity contribution in [3.63, 3.8) is 0 Å².